The minimum Gasteiger partial charge on any atom is -0.374 e. The smallest absolute Gasteiger partial charge is 0.178 e. The monoisotopic (exact) mass is 658 g/mol. The van der Waals surface area contributed by atoms with E-state index >= 15 is 0 Å². The summed E-state index contributed by atoms with van der Waals surface area (Å²) in [6, 6.07) is 7.22. The van der Waals surface area contributed by atoms with Gasteiger partial charge in [-0.1, -0.05) is 65.0 Å². The van der Waals surface area contributed by atoms with Gasteiger partial charge < -0.3 is 23.7 Å². The molecule has 4 aliphatic heterocycles. The Hall–Kier alpha value is -1.55. The molecule has 4 fully saturated rings. The topological polar surface area (TPSA) is 80.3 Å². The second-order valence-electron chi connectivity index (χ2n) is 14.7. The lowest BCUT2D eigenvalue weighted by atomic mass is 9.81. The fourth-order valence-corrected chi connectivity index (χ4v) is 9.57. The fourth-order valence-electron chi connectivity index (χ4n) is 7.80. The summed E-state index contributed by atoms with van der Waals surface area (Å²) in [5, 5.41) is 0. The molecule has 4 heterocycles. The number of ether oxygens (including phenoxy) is 5. The van der Waals surface area contributed by atoms with Gasteiger partial charge in [-0.2, -0.15) is 0 Å². The number of rotatable bonds is 14. The zero-order valence-corrected chi connectivity index (χ0v) is 29.6. The van der Waals surface area contributed by atoms with Crippen LogP contribution in [0.3, 0.4) is 0 Å². The molecule has 5 rings (SSSR count). The third kappa shape index (κ3) is 8.91. The highest BCUT2D eigenvalue weighted by atomic mass is 32.2. The maximum Gasteiger partial charge on any atom is 0.178 e. The van der Waals surface area contributed by atoms with E-state index in [0.717, 1.165) is 62.5 Å². The molecule has 0 unspecified atom stereocenters. The van der Waals surface area contributed by atoms with Gasteiger partial charge in [0.25, 0.3) is 0 Å². The lowest BCUT2D eigenvalue weighted by Crippen LogP contribution is -2.38. The fraction of sp³-hybridized carbons (Fsp3) is 0.737. The minimum atomic E-state index is -3.48. The van der Waals surface area contributed by atoms with Gasteiger partial charge >= 0.3 is 0 Å². The highest BCUT2D eigenvalue weighted by Crippen LogP contribution is 2.43. The second-order valence-corrected chi connectivity index (χ2v) is 16.7. The van der Waals surface area contributed by atoms with Crippen LogP contribution in [-0.4, -0.2) is 70.3 Å². The first-order valence-corrected chi connectivity index (χ1v) is 19.4. The largest absolute Gasteiger partial charge is 0.374 e. The Bertz CT molecular complexity index is 1270. The first-order chi connectivity index (χ1) is 21.9. The van der Waals surface area contributed by atoms with E-state index in [1.54, 1.807) is 12.1 Å². The van der Waals surface area contributed by atoms with Gasteiger partial charge in [0.1, 0.15) is 0 Å². The third-order valence-electron chi connectivity index (χ3n) is 11.1. The predicted octanol–water partition coefficient (Wildman–Crippen LogP) is 7.61. The van der Waals surface area contributed by atoms with E-state index in [2.05, 4.69) is 40.9 Å². The molecular weight excluding hydrogens is 600 g/mol. The standard InChI is InChI=1S/C38H58O7S/c1-8-24(2)19-35-29(7)33(23-46(39,40)32-13-9-25(3)10-14-32)37(45-35)22-36-28(6)26(4)20-30(44-36)11-15-34-27(5)21-31(43-34)12-16-38-41-17-18-42-38/h9-10,13-14,24,26,29-31,33-38H,5-6,8,11-12,15-23H2,1-4,7H3/t24-,26+,29-,30+,31+,33-,34+,35-,36-,37+/m1/s1. The predicted molar refractivity (Wildman–Crippen MR) is 181 cm³/mol. The van der Waals surface area contributed by atoms with E-state index in [4.69, 9.17) is 23.7 Å². The number of hydrogen-bond acceptors (Lipinski definition) is 7. The molecule has 1 aromatic rings. The number of hydrogen-bond donors (Lipinski definition) is 0. The Labute approximate surface area is 278 Å². The van der Waals surface area contributed by atoms with Crippen molar-refractivity contribution in [3.63, 3.8) is 0 Å². The van der Waals surface area contributed by atoms with Crippen molar-refractivity contribution in [3.8, 4) is 0 Å². The van der Waals surface area contributed by atoms with Gasteiger partial charge in [-0.15, -0.1) is 0 Å². The third-order valence-corrected chi connectivity index (χ3v) is 13.0. The van der Waals surface area contributed by atoms with Crippen molar-refractivity contribution in [2.75, 3.05) is 19.0 Å². The molecule has 46 heavy (non-hydrogen) atoms. The van der Waals surface area contributed by atoms with Crippen LogP contribution >= 0.6 is 0 Å². The molecule has 0 radical (unpaired) electrons. The van der Waals surface area contributed by atoms with Crippen LogP contribution in [0.4, 0.5) is 0 Å². The highest BCUT2D eigenvalue weighted by molar-refractivity contribution is 7.91. The normalized spacial score (nSPS) is 34.8. The van der Waals surface area contributed by atoms with Crippen molar-refractivity contribution >= 4 is 9.84 Å². The summed E-state index contributed by atoms with van der Waals surface area (Å²) in [6.45, 7) is 21.0. The zero-order valence-electron chi connectivity index (χ0n) is 28.8. The van der Waals surface area contributed by atoms with Crippen molar-refractivity contribution in [2.45, 2.75) is 140 Å². The summed E-state index contributed by atoms with van der Waals surface area (Å²) in [4.78, 5) is 0.389. The zero-order chi connectivity index (χ0) is 33.0. The summed E-state index contributed by atoms with van der Waals surface area (Å²) >= 11 is 0. The lowest BCUT2D eigenvalue weighted by Gasteiger charge is -2.38. The average Bonchev–Trinajstić information content (AvgIpc) is 3.74. The van der Waals surface area contributed by atoms with Gasteiger partial charge in [-0.3, -0.25) is 0 Å². The lowest BCUT2D eigenvalue weighted by molar-refractivity contribution is -0.0752. The van der Waals surface area contributed by atoms with Gasteiger partial charge in [0.2, 0.25) is 0 Å². The van der Waals surface area contributed by atoms with Crippen LogP contribution in [0.1, 0.15) is 91.0 Å². The Morgan fingerprint density at radius 2 is 1.57 bits per heavy atom. The molecule has 1 aromatic carbocycles. The van der Waals surface area contributed by atoms with Crippen molar-refractivity contribution in [2.24, 2.45) is 23.7 Å². The molecule has 10 atom stereocenters. The minimum absolute atomic E-state index is 0.0357. The van der Waals surface area contributed by atoms with E-state index < -0.39 is 9.84 Å². The van der Waals surface area contributed by atoms with Crippen LogP contribution in [0.25, 0.3) is 0 Å². The quantitative estimate of drug-likeness (QED) is 0.190. The Morgan fingerprint density at radius 1 is 0.891 bits per heavy atom. The van der Waals surface area contributed by atoms with E-state index in [-0.39, 0.29) is 60.5 Å². The SMILES string of the molecule is C=C1C[C@H](CCC2OCCO2)O[C@H]1CC[C@H]1C[C@H](C)C(=C)[C@@H](C[C@@H]2O[C@H](C[C@H](C)CC)[C@H](C)[C@H]2CS(=O)(=O)c2ccc(C)cc2)O1. The maximum absolute atomic E-state index is 13.7. The van der Waals surface area contributed by atoms with Crippen LogP contribution in [0.2, 0.25) is 0 Å². The van der Waals surface area contributed by atoms with Gasteiger partial charge in [0.15, 0.2) is 16.1 Å². The highest BCUT2D eigenvalue weighted by Gasteiger charge is 2.46. The molecule has 0 N–H and O–H groups in total. The van der Waals surface area contributed by atoms with E-state index in [1.165, 1.54) is 5.57 Å². The van der Waals surface area contributed by atoms with E-state index in [1.807, 2.05) is 19.1 Å². The first-order valence-electron chi connectivity index (χ1n) is 17.8. The summed E-state index contributed by atoms with van der Waals surface area (Å²) in [6.07, 6.45) is 7.88. The molecule has 8 heteroatoms. The second kappa shape index (κ2) is 15.8. The van der Waals surface area contributed by atoms with Gasteiger partial charge in [-0.05, 0) is 86.5 Å². The Morgan fingerprint density at radius 3 is 2.26 bits per heavy atom. The van der Waals surface area contributed by atoms with Crippen LogP contribution in [0, 0.1) is 30.6 Å². The number of aryl methyl sites for hydroxylation is 1. The molecule has 0 saturated carbocycles. The molecule has 0 spiro atoms. The van der Waals surface area contributed by atoms with Crippen LogP contribution in [0.5, 0.6) is 0 Å². The molecule has 0 bridgehead atoms. The summed E-state index contributed by atoms with van der Waals surface area (Å²) in [7, 11) is -3.48. The van der Waals surface area contributed by atoms with Crippen molar-refractivity contribution in [1.82, 2.24) is 0 Å². The van der Waals surface area contributed by atoms with Gasteiger partial charge in [-0.25, -0.2) is 8.42 Å². The van der Waals surface area contributed by atoms with Crippen LogP contribution in [-0.2, 0) is 33.5 Å². The molecule has 0 aromatic heterocycles. The molecular formula is C38H58O7S. The molecule has 0 amide bonds. The Balaban J connectivity index is 1.21. The number of sulfone groups is 1. The molecule has 0 aliphatic carbocycles. The van der Waals surface area contributed by atoms with Crippen molar-refractivity contribution < 1.29 is 32.1 Å². The van der Waals surface area contributed by atoms with Crippen molar-refractivity contribution in [1.29, 1.82) is 0 Å². The molecule has 258 valence electrons. The molecule has 4 aliphatic rings. The van der Waals surface area contributed by atoms with E-state index in [0.29, 0.717) is 36.4 Å². The summed E-state index contributed by atoms with van der Waals surface area (Å²) in [5.41, 5.74) is 3.31. The average molecular weight is 659 g/mol. The summed E-state index contributed by atoms with van der Waals surface area (Å²) < 4.78 is 58.5. The van der Waals surface area contributed by atoms with E-state index in [9.17, 15) is 8.42 Å². The number of benzene rings is 1. The van der Waals surface area contributed by atoms with Gasteiger partial charge in [0, 0.05) is 18.8 Å². The first kappa shape index (κ1) is 35.7. The van der Waals surface area contributed by atoms with Gasteiger partial charge in [0.05, 0.1) is 60.5 Å². The van der Waals surface area contributed by atoms with Crippen molar-refractivity contribution in [3.05, 3.63) is 54.1 Å². The maximum atomic E-state index is 13.7. The molecule has 4 saturated heterocycles. The van der Waals surface area contributed by atoms with Crippen LogP contribution < -0.4 is 0 Å². The molecule has 7 nitrogen and oxygen atoms in total. The Kier molecular flexibility index (Phi) is 12.3. The van der Waals surface area contributed by atoms with Crippen LogP contribution in [0.15, 0.2) is 53.5 Å². The summed E-state index contributed by atoms with van der Waals surface area (Å²) in [5.74, 6) is 0.940.